The molecule has 86 valence electrons. The fourth-order valence-corrected chi connectivity index (χ4v) is 1.42. The molecule has 0 aliphatic heterocycles. The number of aliphatic hydroxyl groups excluding tert-OH is 1. The molecule has 0 aliphatic rings. The predicted octanol–water partition coefficient (Wildman–Crippen LogP) is 2.12. The Hall–Kier alpha value is -1.68. The maximum absolute atomic E-state index is 10.6. The van der Waals surface area contributed by atoms with Crippen LogP contribution in [0.4, 0.5) is 0 Å². The van der Waals surface area contributed by atoms with Crippen molar-refractivity contribution < 1.29 is 10.0 Å². The van der Waals surface area contributed by atoms with Gasteiger partial charge in [-0.2, -0.15) is 0 Å². The highest BCUT2D eigenvalue weighted by Gasteiger charge is 2.25. The summed E-state index contributed by atoms with van der Waals surface area (Å²) in [6, 6.07) is 8.44. The molecule has 1 N–H and O–H groups in total. The van der Waals surface area contributed by atoms with Gasteiger partial charge in [-0.3, -0.25) is 10.1 Å². The van der Waals surface area contributed by atoms with Crippen molar-refractivity contribution in [2.24, 2.45) is 0 Å². The maximum atomic E-state index is 10.6. The number of nitrogens with zero attached hydrogens (tertiary/aromatic N) is 1. The number of rotatable bonds is 5. The summed E-state index contributed by atoms with van der Waals surface area (Å²) in [6.07, 6.45) is 2.43. The second kappa shape index (κ2) is 6.02. The van der Waals surface area contributed by atoms with E-state index in [4.69, 9.17) is 0 Å². The van der Waals surface area contributed by atoms with Gasteiger partial charge in [-0.05, 0) is 11.6 Å². The van der Waals surface area contributed by atoms with Crippen LogP contribution in [0.3, 0.4) is 0 Å². The van der Waals surface area contributed by atoms with E-state index in [9.17, 15) is 15.2 Å². The average Bonchev–Trinajstić information content (AvgIpc) is 2.28. The summed E-state index contributed by atoms with van der Waals surface area (Å²) in [5.41, 5.74) is 0.916. The number of nitro groups is 1. The lowest BCUT2D eigenvalue weighted by atomic mass is 10.1. The smallest absolute Gasteiger partial charge is 0.241 e. The van der Waals surface area contributed by atoms with Crippen LogP contribution in [0.1, 0.15) is 18.9 Å². The van der Waals surface area contributed by atoms with Crippen molar-refractivity contribution in [2.75, 3.05) is 0 Å². The van der Waals surface area contributed by atoms with Crippen molar-refractivity contribution in [1.29, 1.82) is 0 Å². The molecule has 1 aromatic carbocycles. The third kappa shape index (κ3) is 3.47. The van der Waals surface area contributed by atoms with Gasteiger partial charge in [0.1, 0.15) is 6.10 Å². The van der Waals surface area contributed by atoms with E-state index in [1.165, 1.54) is 6.08 Å². The van der Waals surface area contributed by atoms with Crippen LogP contribution in [-0.4, -0.2) is 22.2 Å². The molecule has 4 heteroatoms. The molecule has 1 aromatic rings. The normalized spacial score (nSPS) is 14.9. The molecule has 2 atom stereocenters. The van der Waals surface area contributed by atoms with Crippen LogP contribution >= 0.6 is 0 Å². The summed E-state index contributed by atoms with van der Waals surface area (Å²) in [5, 5.41) is 20.2. The number of benzene rings is 1. The summed E-state index contributed by atoms with van der Waals surface area (Å²) in [4.78, 5) is 10.2. The van der Waals surface area contributed by atoms with E-state index >= 15 is 0 Å². The van der Waals surface area contributed by atoms with E-state index in [-0.39, 0.29) is 0 Å². The van der Waals surface area contributed by atoms with E-state index in [0.29, 0.717) is 6.42 Å². The van der Waals surface area contributed by atoms with Crippen molar-refractivity contribution in [3.8, 4) is 0 Å². The van der Waals surface area contributed by atoms with Crippen LogP contribution < -0.4 is 0 Å². The molecular weight excluding hydrogens is 206 g/mol. The molecule has 4 nitrogen and oxygen atoms in total. The first-order valence-corrected chi connectivity index (χ1v) is 5.20. The van der Waals surface area contributed by atoms with Crippen molar-refractivity contribution in [2.45, 2.75) is 25.5 Å². The van der Waals surface area contributed by atoms with Gasteiger partial charge in [0.2, 0.25) is 6.04 Å². The second-order valence-electron chi connectivity index (χ2n) is 3.52. The quantitative estimate of drug-likeness (QED) is 0.611. The second-order valence-corrected chi connectivity index (χ2v) is 3.52. The lowest BCUT2D eigenvalue weighted by molar-refractivity contribution is -0.531. The standard InChI is InChI=1S/C12H15NO3/c1-2-11(13(15)16)12(14)9-8-10-6-4-3-5-7-10/h3-9,11-12,14H,2H2,1H3. The third-order valence-corrected chi connectivity index (χ3v) is 2.37. The van der Waals surface area contributed by atoms with Crippen LogP contribution in [0.2, 0.25) is 0 Å². The lowest BCUT2D eigenvalue weighted by Gasteiger charge is -2.10. The Balaban J connectivity index is 2.66. The predicted molar refractivity (Wildman–Crippen MR) is 62.6 cm³/mol. The molecule has 0 amide bonds. The summed E-state index contributed by atoms with van der Waals surface area (Å²) >= 11 is 0. The first kappa shape index (κ1) is 12.4. The number of aliphatic hydroxyl groups is 1. The minimum atomic E-state index is -1.04. The highest BCUT2D eigenvalue weighted by Crippen LogP contribution is 2.08. The Morgan fingerprint density at radius 3 is 2.56 bits per heavy atom. The van der Waals surface area contributed by atoms with Gasteiger partial charge in [0, 0.05) is 11.3 Å². The van der Waals surface area contributed by atoms with Crippen LogP contribution in [-0.2, 0) is 0 Å². The largest absolute Gasteiger partial charge is 0.382 e. The minimum Gasteiger partial charge on any atom is -0.382 e. The van der Waals surface area contributed by atoms with Gasteiger partial charge < -0.3 is 5.11 Å². The van der Waals surface area contributed by atoms with Gasteiger partial charge in [-0.25, -0.2) is 0 Å². The molecule has 1 rings (SSSR count). The molecule has 0 bridgehead atoms. The summed E-state index contributed by atoms with van der Waals surface area (Å²) in [5.74, 6) is 0. The Bertz CT molecular complexity index is 362. The Labute approximate surface area is 94.4 Å². The molecule has 0 saturated heterocycles. The van der Waals surface area contributed by atoms with E-state index in [0.717, 1.165) is 5.56 Å². The molecule has 0 spiro atoms. The van der Waals surface area contributed by atoms with Crippen molar-refractivity contribution in [3.05, 3.63) is 52.1 Å². The van der Waals surface area contributed by atoms with Gasteiger partial charge in [0.25, 0.3) is 0 Å². The zero-order valence-corrected chi connectivity index (χ0v) is 9.11. The molecule has 2 unspecified atom stereocenters. The summed E-state index contributed by atoms with van der Waals surface area (Å²) in [6.45, 7) is 1.69. The molecule has 0 saturated carbocycles. The summed E-state index contributed by atoms with van der Waals surface area (Å²) in [7, 11) is 0. The van der Waals surface area contributed by atoms with E-state index < -0.39 is 17.1 Å². The van der Waals surface area contributed by atoms with Gasteiger partial charge in [0.05, 0.1) is 0 Å². The van der Waals surface area contributed by atoms with Crippen LogP contribution in [0.15, 0.2) is 36.4 Å². The lowest BCUT2D eigenvalue weighted by Crippen LogP contribution is -2.31. The van der Waals surface area contributed by atoms with Gasteiger partial charge in [-0.15, -0.1) is 0 Å². The average molecular weight is 221 g/mol. The van der Waals surface area contributed by atoms with Crippen LogP contribution in [0.5, 0.6) is 0 Å². The first-order valence-electron chi connectivity index (χ1n) is 5.20. The Morgan fingerprint density at radius 2 is 2.06 bits per heavy atom. The zero-order valence-electron chi connectivity index (χ0n) is 9.11. The van der Waals surface area contributed by atoms with E-state index in [1.807, 2.05) is 30.3 Å². The fourth-order valence-electron chi connectivity index (χ4n) is 1.42. The highest BCUT2D eigenvalue weighted by atomic mass is 16.6. The SMILES string of the molecule is CCC(C(O)C=Cc1ccccc1)[N+](=O)[O-]. The fraction of sp³-hybridized carbons (Fsp3) is 0.333. The highest BCUT2D eigenvalue weighted by molar-refractivity contribution is 5.49. The van der Waals surface area contributed by atoms with Crippen molar-refractivity contribution in [1.82, 2.24) is 0 Å². The molecule has 16 heavy (non-hydrogen) atoms. The molecule has 0 radical (unpaired) electrons. The van der Waals surface area contributed by atoms with E-state index in [2.05, 4.69) is 0 Å². The van der Waals surface area contributed by atoms with Crippen molar-refractivity contribution >= 4 is 6.08 Å². The topological polar surface area (TPSA) is 63.4 Å². The molecule has 0 heterocycles. The van der Waals surface area contributed by atoms with Crippen LogP contribution in [0, 0.1) is 10.1 Å². The monoisotopic (exact) mass is 221 g/mol. The van der Waals surface area contributed by atoms with Gasteiger partial charge in [-0.1, -0.05) is 43.3 Å². The van der Waals surface area contributed by atoms with E-state index in [1.54, 1.807) is 13.0 Å². The molecule has 0 aromatic heterocycles. The minimum absolute atomic E-state index is 0.313. The molecular formula is C12H15NO3. The summed E-state index contributed by atoms with van der Waals surface area (Å²) < 4.78 is 0. The van der Waals surface area contributed by atoms with Gasteiger partial charge >= 0.3 is 0 Å². The molecule has 0 fully saturated rings. The first-order chi connectivity index (χ1) is 7.65. The zero-order chi connectivity index (χ0) is 12.0. The third-order valence-electron chi connectivity index (χ3n) is 2.37. The Morgan fingerprint density at radius 1 is 1.44 bits per heavy atom. The number of hydrogen-bond acceptors (Lipinski definition) is 3. The maximum Gasteiger partial charge on any atom is 0.241 e. The van der Waals surface area contributed by atoms with Crippen molar-refractivity contribution in [3.63, 3.8) is 0 Å². The van der Waals surface area contributed by atoms with Gasteiger partial charge in [0.15, 0.2) is 0 Å². The van der Waals surface area contributed by atoms with Crippen LogP contribution in [0.25, 0.3) is 6.08 Å². The number of hydrogen-bond donors (Lipinski definition) is 1. The molecule has 0 aliphatic carbocycles. The Kier molecular flexibility index (Phi) is 4.66.